The van der Waals surface area contributed by atoms with Crippen LogP contribution in [0.1, 0.15) is 15.9 Å². The van der Waals surface area contributed by atoms with Crippen molar-refractivity contribution in [3.8, 4) is 0 Å². The van der Waals surface area contributed by atoms with Crippen molar-refractivity contribution in [3.05, 3.63) is 35.4 Å². The Bertz CT molecular complexity index is 609. The Kier molecular flexibility index (Phi) is 7.00. The Morgan fingerprint density at radius 1 is 1.18 bits per heavy atom. The summed E-state index contributed by atoms with van der Waals surface area (Å²) in [7, 11) is -1.61. The maximum atomic E-state index is 11.7. The Balaban J connectivity index is 2.47. The van der Waals surface area contributed by atoms with Gasteiger partial charge in [0.25, 0.3) is 5.91 Å². The zero-order valence-electron chi connectivity index (χ0n) is 12.5. The van der Waals surface area contributed by atoms with Crippen LogP contribution in [0.25, 0.3) is 0 Å². The number of carbonyl (C=O) groups is 2. The van der Waals surface area contributed by atoms with Crippen LogP contribution in [0.15, 0.2) is 24.3 Å². The van der Waals surface area contributed by atoms with Crippen molar-refractivity contribution in [2.24, 2.45) is 0 Å². The molecule has 0 aliphatic heterocycles. The molecular formula is C14H19NO6S. The molecule has 0 radical (unpaired) electrons. The second-order valence-electron chi connectivity index (χ2n) is 4.69. The van der Waals surface area contributed by atoms with Crippen LogP contribution in [0.5, 0.6) is 0 Å². The molecule has 0 fully saturated rings. The van der Waals surface area contributed by atoms with Crippen LogP contribution < -0.4 is 5.32 Å². The van der Waals surface area contributed by atoms with Gasteiger partial charge >= 0.3 is 5.97 Å². The fourth-order valence-corrected chi connectivity index (χ4v) is 2.40. The fourth-order valence-electron chi connectivity index (χ4n) is 1.60. The second-order valence-corrected chi connectivity index (χ2v) is 6.83. The first kappa shape index (κ1) is 18.1. The van der Waals surface area contributed by atoms with Gasteiger partial charge in [0, 0.05) is 19.9 Å². The number of amides is 1. The first-order chi connectivity index (χ1) is 10.3. The molecule has 1 aromatic rings. The van der Waals surface area contributed by atoms with Crippen molar-refractivity contribution in [2.75, 3.05) is 33.1 Å². The Morgan fingerprint density at radius 3 is 2.36 bits per heavy atom. The SMILES string of the molecule is COCCNC(=O)COC(=O)c1ccc(CS(C)(=O)=O)cc1. The normalized spacial score (nSPS) is 11.0. The first-order valence-corrected chi connectivity index (χ1v) is 8.57. The molecule has 0 aliphatic carbocycles. The van der Waals surface area contributed by atoms with Crippen molar-refractivity contribution >= 4 is 21.7 Å². The number of rotatable bonds is 8. The van der Waals surface area contributed by atoms with Gasteiger partial charge in [-0.05, 0) is 17.7 Å². The number of methoxy groups -OCH3 is 1. The lowest BCUT2D eigenvalue weighted by Gasteiger charge is -2.06. The summed E-state index contributed by atoms with van der Waals surface area (Å²) < 4.78 is 31.9. The standard InChI is InChI=1S/C14H19NO6S/c1-20-8-7-15-13(16)9-21-14(17)12-5-3-11(4-6-12)10-22(2,18)19/h3-6H,7-10H2,1-2H3,(H,15,16). The van der Waals surface area contributed by atoms with Crippen LogP contribution in [0.3, 0.4) is 0 Å². The van der Waals surface area contributed by atoms with Gasteiger partial charge in [0.1, 0.15) is 0 Å². The van der Waals surface area contributed by atoms with E-state index < -0.39 is 21.7 Å². The number of ether oxygens (including phenoxy) is 2. The van der Waals surface area contributed by atoms with Gasteiger partial charge in [-0.25, -0.2) is 13.2 Å². The van der Waals surface area contributed by atoms with Gasteiger partial charge < -0.3 is 14.8 Å². The van der Waals surface area contributed by atoms with E-state index in [-0.39, 0.29) is 17.9 Å². The molecule has 0 unspecified atom stereocenters. The molecule has 0 aliphatic rings. The minimum absolute atomic E-state index is 0.0930. The number of hydrogen-bond donors (Lipinski definition) is 1. The smallest absolute Gasteiger partial charge is 0.338 e. The molecule has 0 aromatic heterocycles. The van der Waals surface area contributed by atoms with Crippen LogP contribution in [-0.4, -0.2) is 53.4 Å². The highest BCUT2D eigenvalue weighted by Gasteiger charge is 2.11. The summed E-state index contributed by atoms with van der Waals surface area (Å²) in [6, 6.07) is 6.00. The van der Waals surface area contributed by atoms with Crippen LogP contribution in [-0.2, 0) is 29.9 Å². The van der Waals surface area contributed by atoms with E-state index >= 15 is 0 Å². The molecule has 1 amide bonds. The number of benzene rings is 1. The van der Waals surface area contributed by atoms with Crippen molar-refractivity contribution in [2.45, 2.75) is 5.75 Å². The fraction of sp³-hybridized carbons (Fsp3) is 0.429. The second kappa shape index (κ2) is 8.50. The molecule has 0 atom stereocenters. The molecule has 0 saturated heterocycles. The highest BCUT2D eigenvalue weighted by atomic mass is 32.2. The summed E-state index contributed by atoms with van der Waals surface area (Å²) in [6.07, 6.45) is 1.14. The van der Waals surface area contributed by atoms with E-state index in [1.807, 2.05) is 0 Å². The monoisotopic (exact) mass is 329 g/mol. The van der Waals surface area contributed by atoms with Crippen LogP contribution in [0, 0.1) is 0 Å². The highest BCUT2D eigenvalue weighted by Crippen LogP contribution is 2.09. The molecule has 22 heavy (non-hydrogen) atoms. The van der Waals surface area contributed by atoms with E-state index in [1.54, 1.807) is 0 Å². The van der Waals surface area contributed by atoms with E-state index in [0.717, 1.165) is 6.26 Å². The van der Waals surface area contributed by atoms with E-state index in [1.165, 1.54) is 31.4 Å². The van der Waals surface area contributed by atoms with Crippen LogP contribution >= 0.6 is 0 Å². The molecule has 0 bridgehead atoms. The summed E-state index contributed by atoms with van der Waals surface area (Å²) in [6.45, 7) is 0.336. The molecule has 7 nitrogen and oxygen atoms in total. The average molecular weight is 329 g/mol. The number of esters is 1. The number of sulfone groups is 1. The van der Waals surface area contributed by atoms with Gasteiger partial charge in [0.05, 0.1) is 17.9 Å². The van der Waals surface area contributed by atoms with E-state index in [4.69, 9.17) is 9.47 Å². The summed E-state index contributed by atoms with van der Waals surface area (Å²) >= 11 is 0. The predicted octanol–water partition coefficient (Wildman–Crippen LogP) is 0.151. The summed E-state index contributed by atoms with van der Waals surface area (Å²) in [5.74, 6) is -1.16. The van der Waals surface area contributed by atoms with Gasteiger partial charge in [-0.3, -0.25) is 4.79 Å². The molecule has 0 saturated carbocycles. The molecule has 0 heterocycles. The first-order valence-electron chi connectivity index (χ1n) is 6.51. The minimum atomic E-state index is -3.12. The van der Waals surface area contributed by atoms with E-state index in [0.29, 0.717) is 18.7 Å². The highest BCUT2D eigenvalue weighted by molar-refractivity contribution is 7.89. The Labute approximate surface area is 129 Å². The number of carbonyl (C=O) groups excluding carboxylic acids is 2. The topological polar surface area (TPSA) is 98.8 Å². The maximum Gasteiger partial charge on any atom is 0.338 e. The lowest BCUT2D eigenvalue weighted by Crippen LogP contribution is -2.31. The third kappa shape index (κ3) is 7.19. The number of nitrogens with one attached hydrogen (secondary N) is 1. The summed E-state index contributed by atoms with van der Waals surface area (Å²) in [4.78, 5) is 23.1. The van der Waals surface area contributed by atoms with Gasteiger partial charge in [0.15, 0.2) is 16.4 Å². The van der Waals surface area contributed by atoms with Gasteiger partial charge in [-0.1, -0.05) is 12.1 Å². The third-order valence-electron chi connectivity index (χ3n) is 2.58. The molecule has 1 rings (SSSR count). The quantitative estimate of drug-likeness (QED) is 0.538. The largest absolute Gasteiger partial charge is 0.452 e. The van der Waals surface area contributed by atoms with Crippen molar-refractivity contribution in [1.29, 1.82) is 0 Å². The Morgan fingerprint density at radius 2 is 1.82 bits per heavy atom. The van der Waals surface area contributed by atoms with Crippen molar-refractivity contribution < 1.29 is 27.5 Å². The van der Waals surface area contributed by atoms with Gasteiger partial charge in [0.2, 0.25) is 0 Å². The zero-order valence-corrected chi connectivity index (χ0v) is 13.3. The summed E-state index contributed by atoms with van der Waals surface area (Å²) in [5.41, 5.74) is 0.832. The lowest BCUT2D eigenvalue weighted by atomic mass is 10.1. The van der Waals surface area contributed by atoms with Crippen LogP contribution in [0.2, 0.25) is 0 Å². The van der Waals surface area contributed by atoms with Crippen molar-refractivity contribution in [1.82, 2.24) is 5.32 Å². The zero-order chi connectivity index (χ0) is 16.6. The third-order valence-corrected chi connectivity index (χ3v) is 3.44. The molecule has 8 heteroatoms. The molecular weight excluding hydrogens is 310 g/mol. The maximum absolute atomic E-state index is 11.7. The van der Waals surface area contributed by atoms with Gasteiger partial charge in [-0.2, -0.15) is 0 Å². The average Bonchev–Trinajstić information content (AvgIpc) is 2.44. The van der Waals surface area contributed by atoms with Gasteiger partial charge in [-0.15, -0.1) is 0 Å². The minimum Gasteiger partial charge on any atom is -0.452 e. The van der Waals surface area contributed by atoms with Crippen molar-refractivity contribution in [3.63, 3.8) is 0 Å². The number of hydrogen-bond acceptors (Lipinski definition) is 6. The molecule has 122 valence electrons. The van der Waals surface area contributed by atoms with E-state index in [9.17, 15) is 18.0 Å². The summed E-state index contributed by atoms with van der Waals surface area (Å²) in [5, 5.41) is 2.52. The molecule has 1 aromatic carbocycles. The molecule has 1 N–H and O–H groups in total. The lowest BCUT2D eigenvalue weighted by molar-refractivity contribution is -0.124. The predicted molar refractivity (Wildman–Crippen MR) is 80.2 cm³/mol. The molecule has 0 spiro atoms. The Hall–Kier alpha value is -1.93. The van der Waals surface area contributed by atoms with Crippen LogP contribution in [0.4, 0.5) is 0 Å². The van der Waals surface area contributed by atoms with E-state index in [2.05, 4.69) is 5.32 Å².